The number of aliphatic carboxylic acids is 1. The Labute approximate surface area is 108 Å². The molecule has 0 bridgehead atoms. The highest BCUT2D eigenvalue weighted by atomic mass is 32.2. The zero-order valence-electron chi connectivity index (χ0n) is 9.57. The number of carboxylic acid groups (broad SMARTS) is 1. The van der Waals surface area contributed by atoms with E-state index in [1.165, 1.54) is 5.56 Å². The maximum absolute atomic E-state index is 10.4. The van der Waals surface area contributed by atoms with Crippen LogP contribution >= 0.6 is 11.8 Å². The Morgan fingerprint density at radius 2 is 2.00 bits per heavy atom. The Hall–Kier alpha value is -1.82. The molecule has 0 amide bonds. The maximum Gasteiger partial charge on any atom is 0.314 e. The zero-order valence-corrected chi connectivity index (χ0v) is 10.4. The molecule has 0 atom stereocenters. The van der Waals surface area contributed by atoms with Crippen molar-refractivity contribution in [1.82, 2.24) is 10.2 Å². The van der Waals surface area contributed by atoms with Gasteiger partial charge in [-0.05, 0) is 12.0 Å². The summed E-state index contributed by atoms with van der Waals surface area (Å²) in [5.41, 5.74) is 1.20. The van der Waals surface area contributed by atoms with Gasteiger partial charge in [0.05, 0.1) is 0 Å². The van der Waals surface area contributed by atoms with E-state index in [0.29, 0.717) is 17.5 Å². The standard InChI is InChI=1S/C12H12N2O3S/c15-11(16)8-18-12-14-13-10(17-12)7-6-9-4-2-1-3-5-9/h1-5H,6-8H2,(H,15,16). The van der Waals surface area contributed by atoms with Crippen LogP contribution in [0.25, 0.3) is 0 Å². The van der Waals surface area contributed by atoms with Crippen molar-refractivity contribution in [3.05, 3.63) is 41.8 Å². The van der Waals surface area contributed by atoms with Crippen molar-refractivity contribution in [2.75, 3.05) is 5.75 Å². The smallest absolute Gasteiger partial charge is 0.314 e. The number of aryl methyl sites for hydroxylation is 2. The zero-order chi connectivity index (χ0) is 12.8. The Bertz CT molecular complexity index is 513. The molecular formula is C12H12N2O3S. The number of thioether (sulfide) groups is 1. The summed E-state index contributed by atoms with van der Waals surface area (Å²) in [4.78, 5) is 10.4. The van der Waals surface area contributed by atoms with E-state index in [-0.39, 0.29) is 5.75 Å². The minimum absolute atomic E-state index is 0.0691. The summed E-state index contributed by atoms with van der Waals surface area (Å²) >= 11 is 1.03. The highest BCUT2D eigenvalue weighted by Crippen LogP contribution is 2.16. The lowest BCUT2D eigenvalue weighted by atomic mass is 10.1. The van der Waals surface area contributed by atoms with Crippen LogP contribution in [0.1, 0.15) is 11.5 Å². The van der Waals surface area contributed by atoms with Gasteiger partial charge in [-0.1, -0.05) is 42.1 Å². The van der Waals surface area contributed by atoms with E-state index in [2.05, 4.69) is 10.2 Å². The van der Waals surface area contributed by atoms with Crippen LogP contribution < -0.4 is 0 Å². The molecule has 0 unspecified atom stereocenters. The van der Waals surface area contributed by atoms with Crippen LogP contribution in [0.4, 0.5) is 0 Å². The third kappa shape index (κ3) is 3.89. The lowest BCUT2D eigenvalue weighted by Crippen LogP contribution is -1.97. The summed E-state index contributed by atoms with van der Waals surface area (Å²) in [7, 11) is 0. The minimum atomic E-state index is -0.899. The van der Waals surface area contributed by atoms with E-state index < -0.39 is 5.97 Å². The largest absolute Gasteiger partial charge is 0.481 e. The van der Waals surface area contributed by atoms with Gasteiger partial charge < -0.3 is 9.52 Å². The number of rotatable bonds is 6. The van der Waals surface area contributed by atoms with Crippen LogP contribution in [0, 0.1) is 0 Å². The first kappa shape index (κ1) is 12.6. The lowest BCUT2D eigenvalue weighted by molar-refractivity contribution is -0.133. The number of hydrogen-bond acceptors (Lipinski definition) is 5. The number of benzene rings is 1. The normalized spacial score (nSPS) is 10.4. The molecule has 5 nitrogen and oxygen atoms in total. The molecule has 0 spiro atoms. The molecule has 0 saturated carbocycles. The van der Waals surface area contributed by atoms with Crippen LogP contribution in [0.2, 0.25) is 0 Å². The van der Waals surface area contributed by atoms with Gasteiger partial charge in [-0.3, -0.25) is 4.79 Å². The maximum atomic E-state index is 10.4. The van der Waals surface area contributed by atoms with Crippen molar-refractivity contribution >= 4 is 17.7 Å². The number of aromatic nitrogens is 2. The van der Waals surface area contributed by atoms with Gasteiger partial charge in [0.2, 0.25) is 5.89 Å². The molecule has 6 heteroatoms. The Morgan fingerprint density at radius 1 is 1.22 bits per heavy atom. The first-order chi connectivity index (χ1) is 8.74. The highest BCUT2D eigenvalue weighted by molar-refractivity contribution is 7.99. The van der Waals surface area contributed by atoms with Crippen molar-refractivity contribution in [3.63, 3.8) is 0 Å². The minimum Gasteiger partial charge on any atom is -0.481 e. The molecule has 1 heterocycles. The molecule has 1 aromatic heterocycles. The molecule has 1 aromatic carbocycles. The van der Waals surface area contributed by atoms with Crippen LogP contribution in [0.15, 0.2) is 40.0 Å². The number of hydrogen-bond donors (Lipinski definition) is 1. The summed E-state index contributed by atoms with van der Waals surface area (Å²) in [5, 5.41) is 16.5. The molecule has 0 aliphatic heterocycles. The van der Waals surface area contributed by atoms with Gasteiger partial charge in [0.1, 0.15) is 5.75 Å². The van der Waals surface area contributed by atoms with E-state index in [4.69, 9.17) is 9.52 Å². The van der Waals surface area contributed by atoms with E-state index in [1.807, 2.05) is 30.3 Å². The molecular weight excluding hydrogens is 252 g/mol. The van der Waals surface area contributed by atoms with Gasteiger partial charge in [-0.15, -0.1) is 10.2 Å². The average Bonchev–Trinajstić information content (AvgIpc) is 2.83. The Balaban J connectivity index is 1.85. The van der Waals surface area contributed by atoms with Gasteiger partial charge >= 0.3 is 5.97 Å². The van der Waals surface area contributed by atoms with Gasteiger partial charge in [-0.2, -0.15) is 0 Å². The Kier molecular flexibility index (Phi) is 4.35. The van der Waals surface area contributed by atoms with Gasteiger partial charge in [0, 0.05) is 6.42 Å². The molecule has 0 saturated heterocycles. The fourth-order valence-corrected chi connectivity index (χ4v) is 1.92. The van der Waals surface area contributed by atoms with Crippen LogP contribution in [-0.4, -0.2) is 27.0 Å². The molecule has 0 aliphatic rings. The van der Waals surface area contributed by atoms with Crippen molar-refractivity contribution in [1.29, 1.82) is 0 Å². The van der Waals surface area contributed by atoms with Crippen LogP contribution in [-0.2, 0) is 17.6 Å². The van der Waals surface area contributed by atoms with Crippen molar-refractivity contribution < 1.29 is 14.3 Å². The SMILES string of the molecule is O=C(O)CSc1nnc(CCc2ccccc2)o1. The molecule has 2 aromatic rings. The quantitative estimate of drug-likeness (QED) is 0.804. The first-order valence-electron chi connectivity index (χ1n) is 5.45. The lowest BCUT2D eigenvalue weighted by Gasteiger charge is -1.96. The van der Waals surface area contributed by atoms with E-state index >= 15 is 0 Å². The van der Waals surface area contributed by atoms with Crippen molar-refractivity contribution in [2.24, 2.45) is 0 Å². The highest BCUT2D eigenvalue weighted by Gasteiger charge is 2.08. The van der Waals surface area contributed by atoms with E-state index in [9.17, 15) is 4.79 Å². The van der Waals surface area contributed by atoms with Crippen LogP contribution in [0.3, 0.4) is 0 Å². The molecule has 1 N–H and O–H groups in total. The van der Waals surface area contributed by atoms with Gasteiger partial charge in [-0.25, -0.2) is 0 Å². The van der Waals surface area contributed by atoms with E-state index in [1.54, 1.807) is 0 Å². The molecule has 0 fully saturated rings. The fraction of sp³-hybridized carbons (Fsp3) is 0.250. The molecule has 0 aliphatic carbocycles. The number of carbonyl (C=O) groups is 1. The van der Waals surface area contributed by atoms with Crippen LogP contribution in [0.5, 0.6) is 0 Å². The summed E-state index contributed by atoms with van der Waals surface area (Å²) < 4.78 is 5.33. The fourth-order valence-electron chi connectivity index (χ4n) is 1.42. The summed E-state index contributed by atoms with van der Waals surface area (Å²) in [6.45, 7) is 0. The second-order valence-electron chi connectivity index (χ2n) is 3.63. The summed E-state index contributed by atoms with van der Waals surface area (Å²) in [5.74, 6) is -0.434. The summed E-state index contributed by atoms with van der Waals surface area (Å²) in [6, 6.07) is 10.0. The molecule has 94 valence electrons. The topological polar surface area (TPSA) is 76.2 Å². The predicted octanol–water partition coefficient (Wildman–Crippen LogP) is 2.03. The Morgan fingerprint density at radius 3 is 2.72 bits per heavy atom. The third-order valence-corrected chi connectivity index (χ3v) is 3.04. The second-order valence-corrected chi connectivity index (χ2v) is 4.56. The number of nitrogens with zero attached hydrogens (tertiary/aromatic N) is 2. The van der Waals surface area contributed by atoms with Crippen molar-refractivity contribution in [3.8, 4) is 0 Å². The predicted molar refractivity (Wildman–Crippen MR) is 66.5 cm³/mol. The van der Waals surface area contributed by atoms with Gasteiger partial charge in [0.25, 0.3) is 5.22 Å². The molecule has 0 radical (unpaired) electrons. The first-order valence-corrected chi connectivity index (χ1v) is 6.43. The number of carboxylic acids is 1. The molecule has 18 heavy (non-hydrogen) atoms. The average molecular weight is 264 g/mol. The monoisotopic (exact) mass is 264 g/mol. The van der Waals surface area contributed by atoms with E-state index in [0.717, 1.165) is 18.2 Å². The summed E-state index contributed by atoms with van der Waals surface area (Å²) in [6.07, 6.45) is 1.48. The van der Waals surface area contributed by atoms with Crippen molar-refractivity contribution in [2.45, 2.75) is 18.1 Å². The van der Waals surface area contributed by atoms with Gasteiger partial charge in [0.15, 0.2) is 0 Å². The molecule has 2 rings (SSSR count). The second kappa shape index (κ2) is 6.20. The third-order valence-electron chi connectivity index (χ3n) is 2.24.